The molecule has 0 bridgehead atoms. The van der Waals surface area contributed by atoms with Gasteiger partial charge in [-0.15, -0.1) is 0 Å². The van der Waals surface area contributed by atoms with Crippen LogP contribution in [0.2, 0.25) is 0 Å². The van der Waals surface area contributed by atoms with E-state index in [1.165, 1.54) is 12.8 Å². The number of unbranched alkanes of at least 4 members (excludes halogenated alkanes) is 2. The van der Waals surface area contributed by atoms with Crippen molar-refractivity contribution in [3.63, 3.8) is 0 Å². The van der Waals surface area contributed by atoms with Crippen LogP contribution in [0, 0.1) is 0 Å². The number of nitrogens with zero attached hydrogens (tertiary/aromatic N) is 1. The van der Waals surface area contributed by atoms with Crippen LogP contribution in [0.25, 0.3) is 0 Å². The lowest BCUT2D eigenvalue weighted by Gasteiger charge is -2.14. The summed E-state index contributed by atoms with van der Waals surface area (Å²) in [6.45, 7) is 4.41. The van der Waals surface area contributed by atoms with Crippen LogP contribution in [-0.4, -0.2) is 31.3 Å². The third-order valence-corrected chi connectivity index (χ3v) is 1.76. The second-order valence-corrected chi connectivity index (χ2v) is 2.97. The minimum absolute atomic E-state index is 0.705. The molecule has 0 saturated heterocycles. The van der Waals surface area contributed by atoms with Gasteiger partial charge in [-0.3, -0.25) is 0 Å². The van der Waals surface area contributed by atoms with E-state index < -0.39 is 0 Å². The van der Waals surface area contributed by atoms with Gasteiger partial charge < -0.3 is 9.69 Å². The van der Waals surface area contributed by atoms with Crippen LogP contribution in [0.3, 0.4) is 0 Å². The molecule has 0 amide bonds. The minimum Gasteiger partial charge on any atom is -0.306 e. The molecular weight excluding hydrogens is 138 g/mol. The summed E-state index contributed by atoms with van der Waals surface area (Å²) in [5.41, 5.74) is 0. The fourth-order valence-corrected chi connectivity index (χ4v) is 0.984. The Morgan fingerprint density at radius 3 is 2.45 bits per heavy atom. The number of hydrogen-bond donors (Lipinski definition) is 0. The molecule has 0 N–H and O–H groups in total. The molecule has 0 aliphatic heterocycles. The van der Waals surface area contributed by atoms with Crippen LogP contribution in [-0.2, 0) is 4.79 Å². The highest BCUT2D eigenvalue weighted by Crippen LogP contribution is 1.94. The molecule has 11 heavy (non-hydrogen) atoms. The van der Waals surface area contributed by atoms with Crippen LogP contribution >= 0.6 is 0 Å². The maximum atomic E-state index is 9.98. The van der Waals surface area contributed by atoms with Crippen molar-refractivity contribution >= 4 is 6.29 Å². The summed E-state index contributed by atoms with van der Waals surface area (Å²) in [5.74, 6) is 0. The number of aldehydes is 1. The van der Waals surface area contributed by atoms with Crippen LogP contribution in [0.5, 0.6) is 0 Å². The van der Waals surface area contributed by atoms with Crippen LogP contribution in [0.1, 0.15) is 32.6 Å². The van der Waals surface area contributed by atoms with Crippen LogP contribution in [0.15, 0.2) is 0 Å². The number of hydrogen-bond acceptors (Lipinski definition) is 2. The lowest BCUT2D eigenvalue weighted by molar-refractivity contribution is -0.107. The number of carbonyl (C=O) groups excluding carboxylic acids is 1. The van der Waals surface area contributed by atoms with Gasteiger partial charge in [0.25, 0.3) is 0 Å². The predicted molar refractivity (Wildman–Crippen MR) is 47.7 cm³/mol. The van der Waals surface area contributed by atoms with Gasteiger partial charge in [-0.05, 0) is 33.0 Å². The van der Waals surface area contributed by atoms with Gasteiger partial charge >= 0.3 is 0 Å². The number of rotatable bonds is 7. The topological polar surface area (TPSA) is 20.3 Å². The average Bonchev–Trinajstić information content (AvgIpc) is 2.01. The molecule has 0 atom stereocenters. The zero-order valence-corrected chi connectivity index (χ0v) is 7.68. The van der Waals surface area contributed by atoms with Gasteiger partial charge in [-0.25, -0.2) is 0 Å². The third kappa shape index (κ3) is 7.53. The highest BCUT2D eigenvalue weighted by atomic mass is 16.1. The molecule has 0 aromatic rings. The molecule has 66 valence electrons. The number of carbonyl (C=O) groups is 1. The first-order valence-corrected chi connectivity index (χ1v) is 4.43. The Morgan fingerprint density at radius 1 is 1.27 bits per heavy atom. The molecule has 0 rings (SSSR count). The SMILES string of the molecule is CCCCN(C)CCCC=O. The van der Waals surface area contributed by atoms with Crippen LogP contribution < -0.4 is 0 Å². The fourth-order valence-electron chi connectivity index (χ4n) is 0.984. The monoisotopic (exact) mass is 157 g/mol. The Kier molecular flexibility index (Phi) is 7.47. The Labute approximate surface area is 69.6 Å². The van der Waals surface area contributed by atoms with E-state index in [1.54, 1.807) is 0 Å². The highest BCUT2D eigenvalue weighted by Gasteiger charge is 1.95. The molecule has 2 heteroatoms. The molecule has 0 spiro atoms. The second-order valence-electron chi connectivity index (χ2n) is 2.97. The molecule has 0 radical (unpaired) electrons. The summed E-state index contributed by atoms with van der Waals surface area (Å²) in [6.07, 6.45) is 5.21. The van der Waals surface area contributed by atoms with Crippen LogP contribution in [0.4, 0.5) is 0 Å². The second kappa shape index (κ2) is 7.73. The van der Waals surface area contributed by atoms with Gasteiger partial charge in [0.2, 0.25) is 0 Å². The quantitative estimate of drug-likeness (QED) is 0.414. The summed E-state index contributed by atoms with van der Waals surface area (Å²) in [4.78, 5) is 12.3. The smallest absolute Gasteiger partial charge is 0.120 e. The zero-order valence-electron chi connectivity index (χ0n) is 7.68. The molecule has 0 fully saturated rings. The van der Waals surface area contributed by atoms with Crippen molar-refractivity contribution in [3.05, 3.63) is 0 Å². The Hall–Kier alpha value is -0.370. The molecule has 2 nitrogen and oxygen atoms in total. The average molecular weight is 157 g/mol. The Morgan fingerprint density at radius 2 is 1.91 bits per heavy atom. The molecular formula is C9H19NO. The molecule has 0 aliphatic carbocycles. The van der Waals surface area contributed by atoms with Crippen molar-refractivity contribution in [2.45, 2.75) is 32.6 Å². The van der Waals surface area contributed by atoms with Crippen molar-refractivity contribution in [2.24, 2.45) is 0 Å². The normalized spacial score (nSPS) is 10.5. The molecule has 0 aliphatic rings. The van der Waals surface area contributed by atoms with Gasteiger partial charge in [0.05, 0.1) is 0 Å². The maximum absolute atomic E-state index is 9.98. The zero-order chi connectivity index (χ0) is 8.53. The van der Waals surface area contributed by atoms with Gasteiger partial charge in [0, 0.05) is 6.42 Å². The van der Waals surface area contributed by atoms with Gasteiger partial charge in [0.1, 0.15) is 6.29 Å². The first kappa shape index (κ1) is 10.6. The first-order valence-electron chi connectivity index (χ1n) is 4.43. The van der Waals surface area contributed by atoms with Crippen molar-refractivity contribution in [3.8, 4) is 0 Å². The van der Waals surface area contributed by atoms with Crippen molar-refractivity contribution in [2.75, 3.05) is 20.1 Å². The first-order chi connectivity index (χ1) is 5.31. The van der Waals surface area contributed by atoms with E-state index in [9.17, 15) is 4.79 Å². The van der Waals surface area contributed by atoms with E-state index in [4.69, 9.17) is 0 Å². The molecule has 0 aromatic heterocycles. The van der Waals surface area contributed by atoms with E-state index in [2.05, 4.69) is 18.9 Å². The maximum Gasteiger partial charge on any atom is 0.120 e. The van der Waals surface area contributed by atoms with Gasteiger partial charge in [-0.2, -0.15) is 0 Å². The van der Waals surface area contributed by atoms with E-state index in [1.807, 2.05) is 0 Å². The van der Waals surface area contributed by atoms with Crippen molar-refractivity contribution in [1.29, 1.82) is 0 Å². The van der Waals surface area contributed by atoms with Gasteiger partial charge in [0.15, 0.2) is 0 Å². The minimum atomic E-state index is 0.705. The molecule has 0 saturated carbocycles. The Bertz CT molecular complexity index is 93.6. The lowest BCUT2D eigenvalue weighted by atomic mass is 10.3. The summed E-state index contributed by atoms with van der Waals surface area (Å²) in [6, 6.07) is 0. The predicted octanol–water partition coefficient (Wildman–Crippen LogP) is 1.70. The van der Waals surface area contributed by atoms with Crippen molar-refractivity contribution < 1.29 is 4.79 Å². The summed E-state index contributed by atoms with van der Waals surface area (Å²) in [7, 11) is 2.11. The summed E-state index contributed by atoms with van der Waals surface area (Å²) < 4.78 is 0. The molecule has 0 heterocycles. The summed E-state index contributed by atoms with van der Waals surface area (Å²) in [5, 5.41) is 0. The van der Waals surface area contributed by atoms with E-state index in [0.29, 0.717) is 6.42 Å². The van der Waals surface area contributed by atoms with E-state index in [0.717, 1.165) is 25.8 Å². The van der Waals surface area contributed by atoms with Gasteiger partial charge in [-0.1, -0.05) is 13.3 Å². The van der Waals surface area contributed by atoms with Crippen molar-refractivity contribution in [1.82, 2.24) is 4.90 Å². The lowest BCUT2D eigenvalue weighted by Crippen LogP contribution is -2.20. The highest BCUT2D eigenvalue weighted by molar-refractivity contribution is 5.48. The molecule has 0 unspecified atom stereocenters. The standard InChI is InChI=1S/C9H19NO/c1-3-4-7-10(2)8-5-6-9-11/h9H,3-8H2,1-2H3. The summed E-state index contributed by atoms with van der Waals surface area (Å²) >= 11 is 0. The van der Waals surface area contributed by atoms with E-state index >= 15 is 0 Å². The largest absolute Gasteiger partial charge is 0.306 e. The molecule has 0 aromatic carbocycles. The fraction of sp³-hybridized carbons (Fsp3) is 0.889. The van der Waals surface area contributed by atoms with E-state index in [-0.39, 0.29) is 0 Å². The Balaban J connectivity index is 3.08. The third-order valence-electron chi connectivity index (χ3n) is 1.76.